The molecule has 0 radical (unpaired) electrons. The lowest BCUT2D eigenvalue weighted by Crippen LogP contribution is -2.39. The smallest absolute Gasteiger partial charge is 0.191 e. The molecular formula is C12H23N5O. The summed E-state index contributed by atoms with van der Waals surface area (Å²) in [5.74, 6) is 0.826. The molecule has 0 saturated carbocycles. The molecule has 0 saturated heterocycles. The fourth-order valence-corrected chi connectivity index (χ4v) is 1.47. The van der Waals surface area contributed by atoms with E-state index in [0.29, 0.717) is 0 Å². The summed E-state index contributed by atoms with van der Waals surface area (Å²) in [6.07, 6.45) is 6.51. The molecule has 6 heteroatoms. The zero-order valence-electron chi connectivity index (χ0n) is 11.2. The van der Waals surface area contributed by atoms with Crippen LogP contribution in [0.2, 0.25) is 0 Å². The highest BCUT2D eigenvalue weighted by atomic mass is 16.5. The average Bonchev–Trinajstić information content (AvgIpc) is 2.89. The average molecular weight is 253 g/mol. The van der Waals surface area contributed by atoms with Gasteiger partial charge in [-0.1, -0.05) is 0 Å². The highest BCUT2D eigenvalue weighted by Crippen LogP contribution is 1.84. The molecule has 6 nitrogen and oxygen atoms in total. The van der Waals surface area contributed by atoms with Gasteiger partial charge in [0, 0.05) is 52.3 Å². The molecule has 0 unspecified atom stereocenters. The number of nitrogens with zero attached hydrogens (tertiary/aromatic N) is 3. The Morgan fingerprint density at radius 1 is 1.39 bits per heavy atom. The first-order chi connectivity index (χ1) is 8.86. The Kier molecular flexibility index (Phi) is 7.63. The molecule has 0 amide bonds. The third kappa shape index (κ3) is 6.24. The zero-order valence-corrected chi connectivity index (χ0v) is 11.2. The van der Waals surface area contributed by atoms with E-state index in [-0.39, 0.29) is 0 Å². The van der Waals surface area contributed by atoms with Crippen molar-refractivity contribution in [3.63, 3.8) is 0 Å². The number of guanidine groups is 1. The summed E-state index contributed by atoms with van der Waals surface area (Å²) in [5, 5.41) is 6.49. The summed E-state index contributed by atoms with van der Waals surface area (Å²) >= 11 is 0. The fraction of sp³-hybridized carbons (Fsp3) is 0.667. The van der Waals surface area contributed by atoms with Crippen molar-refractivity contribution in [3.05, 3.63) is 18.7 Å². The number of hydrogen-bond donors (Lipinski definition) is 2. The molecule has 0 aliphatic rings. The quantitative estimate of drug-likeness (QED) is 0.402. The molecule has 18 heavy (non-hydrogen) atoms. The van der Waals surface area contributed by atoms with Crippen LogP contribution in [-0.4, -0.2) is 48.9 Å². The molecule has 0 aromatic carbocycles. The van der Waals surface area contributed by atoms with Crippen LogP contribution in [0.1, 0.15) is 13.3 Å². The highest BCUT2D eigenvalue weighted by molar-refractivity contribution is 5.79. The van der Waals surface area contributed by atoms with Gasteiger partial charge in [-0.15, -0.1) is 0 Å². The Balaban J connectivity index is 2.06. The summed E-state index contributed by atoms with van der Waals surface area (Å²) in [6, 6.07) is 0. The van der Waals surface area contributed by atoms with Gasteiger partial charge >= 0.3 is 0 Å². The number of imidazole rings is 1. The predicted octanol–water partition coefficient (Wildman–Crippen LogP) is 0.475. The molecule has 0 aliphatic heterocycles. The zero-order chi connectivity index (χ0) is 13.1. The van der Waals surface area contributed by atoms with E-state index in [2.05, 4.69) is 20.6 Å². The van der Waals surface area contributed by atoms with Crippen LogP contribution >= 0.6 is 0 Å². The third-order valence-corrected chi connectivity index (χ3v) is 2.41. The standard InChI is InChI=1S/C12H23N5O/c1-3-18-10-4-5-15-12(13-2)16-7-9-17-8-6-14-11-17/h6,8,11H,3-5,7,9-10H2,1-2H3,(H2,13,15,16). The van der Waals surface area contributed by atoms with Crippen LogP contribution in [0.3, 0.4) is 0 Å². The van der Waals surface area contributed by atoms with Gasteiger partial charge in [0.15, 0.2) is 5.96 Å². The van der Waals surface area contributed by atoms with Gasteiger partial charge in [-0.05, 0) is 13.3 Å². The number of aliphatic imine (C=N–C) groups is 1. The topological polar surface area (TPSA) is 63.5 Å². The minimum atomic E-state index is 0.776. The second-order valence-electron chi connectivity index (χ2n) is 3.78. The van der Waals surface area contributed by atoms with Crippen molar-refractivity contribution < 1.29 is 4.74 Å². The van der Waals surface area contributed by atoms with Crippen molar-refractivity contribution in [1.29, 1.82) is 0 Å². The maximum atomic E-state index is 5.27. The minimum Gasteiger partial charge on any atom is -0.382 e. The van der Waals surface area contributed by atoms with E-state index < -0.39 is 0 Å². The van der Waals surface area contributed by atoms with Crippen LogP contribution in [0.15, 0.2) is 23.7 Å². The summed E-state index contributed by atoms with van der Waals surface area (Å²) in [5.41, 5.74) is 0. The lowest BCUT2D eigenvalue weighted by atomic mass is 10.4. The van der Waals surface area contributed by atoms with E-state index in [1.807, 2.05) is 17.7 Å². The van der Waals surface area contributed by atoms with Crippen molar-refractivity contribution >= 4 is 5.96 Å². The molecule has 0 bridgehead atoms. The summed E-state index contributed by atoms with van der Waals surface area (Å²) < 4.78 is 7.29. The molecule has 0 aliphatic carbocycles. The number of nitrogens with one attached hydrogen (secondary N) is 2. The fourth-order valence-electron chi connectivity index (χ4n) is 1.47. The lowest BCUT2D eigenvalue weighted by molar-refractivity contribution is 0.145. The Labute approximate surface area is 108 Å². The van der Waals surface area contributed by atoms with Gasteiger partial charge in [0.2, 0.25) is 0 Å². The van der Waals surface area contributed by atoms with E-state index in [0.717, 1.165) is 45.2 Å². The van der Waals surface area contributed by atoms with Gasteiger partial charge < -0.3 is 19.9 Å². The molecule has 0 fully saturated rings. The summed E-state index contributed by atoms with van der Waals surface area (Å²) in [6.45, 7) is 6.13. The van der Waals surface area contributed by atoms with Crippen LogP contribution in [0, 0.1) is 0 Å². The Morgan fingerprint density at radius 3 is 2.89 bits per heavy atom. The third-order valence-electron chi connectivity index (χ3n) is 2.41. The normalized spacial score (nSPS) is 11.6. The molecule has 2 N–H and O–H groups in total. The number of ether oxygens (including phenoxy) is 1. The van der Waals surface area contributed by atoms with Crippen molar-refractivity contribution in [3.8, 4) is 0 Å². The Morgan fingerprint density at radius 2 is 2.22 bits per heavy atom. The molecular weight excluding hydrogens is 230 g/mol. The Hall–Kier alpha value is -1.56. The molecule has 0 spiro atoms. The predicted molar refractivity (Wildman–Crippen MR) is 72.7 cm³/mol. The maximum absolute atomic E-state index is 5.27. The van der Waals surface area contributed by atoms with E-state index in [1.54, 1.807) is 19.6 Å². The van der Waals surface area contributed by atoms with Crippen molar-refractivity contribution in [1.82, 2.24) is 20.2 Å². The molecule has 1 aromatic heterocycles. The first-order valence-corrected chi connectivity index (χ1v) is 6.34. The van der Waals surface area contributed by atoms with Gasteiger partial charge in [-0.2, -0.15) is 0 Å². The van der Waals surface area contributed by atoms with Crippen LogP contribution in [0.4, 0.5) is 0 Å². The second-order valence-corrected chi connectivity index (χ2v) is 3.78. The Bertz CT molecular complexity index is 323. The first-order valence-electron chi connectivity index (χ1n) is 6.34. The second kappa shape index (κ2) is 9.47. The molecule has 0 atom stereocenters. The van der Waals surface area contributed by atoms with Crippen molar-refractivity contribution in [2.45, 2.75) is 19.9 Å². The van der Waals surface area contributed by atoms with E-state index in [1.165, 1.54) is 0 Å². The van der Waals surface area contributed by atoms with Crippen LogP contribution in [0.25, 0.3) is 0 Å². The van der Waals surface area contributed by atoms with E-state index in [4.69, 9.17) is 4.74 Å². The SMILES string of the molecule is CCOCCCNC(=NC)NCCn1ccnc1. The first kappa shape index (κ1) is 14.5. The minimum absolute atomic E-state index is 0.776. The van der Waals surface area contributed by atoms with E-state index >= 15 is 0 Å². The highest BCUT2D eigenvalue weighted by Gasteiger charge is 1.96. The van der Waals surface area contributed by atoms with Crippen LogP contribution < -0.4 is 10.6 Å². The molecule has 1 heterocycles. The van der Waals surface area contributed by atoms with Crippen molar-refractivity contribution in [2.24, 2.45) is 4.99 Å². The van der Waals surface area contributed by atoms with Gasteiger partial charge in [-0.3, -0.25) is 4.99 Å². The number of aromatic nitrogens is 2. The molecule has 1 rings (SSSR count). The monoisotopic (exact) mass is 253 g/mol. The van der Waals surface area contributed by atoms with Gasteiger partial charge in [0.05, 0.1) is 6.33 Å². The van der Waals surface area contributed by atoms with E-state index in [9.17, 15) is 0 Å². The van der Waals surface area contributed by atoms with Gasteiger partial charge in [0.25, 0.3) is 0 Å². The largest absolute Gasteiger partial charge is 0.382 e. The van der Waals surface area contributed by atoms with Gasteiger partial charge in [-0.25, -0.2) is 4.98 Å². The summed E-state index contributed by atoms with van der Waals surface area (Å²) in [7, 11) is 1.77. The summed E-state index contributed by atoms with van der Waals surface area (Å²) in [4.78, 5) is 8.15. The maximum Gasteiger partial charge on any atom is 0.191 e. The van der Waals surface area contributed by atoms with Crippen LogP contribution in [0.5, 0.6) is 0 Å². The molecule has 1 aromatic rings. The van der Waals surface area contributed by atoms with Crippen molar-refractivity contribution in [2.75, 3.05) is 33.4 Å². The van der Waals surface area contributed by atoms with Crippen LogP contribution in [-0.2, 0) is 11.3 Å². The number of hydrogen-bond acceptors (Lipinski definition) is 3. The lowest BCUT2D eigenvalue weighted by Gasteiger charge is -2.11. The molecule has 102 valence electrons. The number of rotatable bonds is 8. The van der Waals surface area contributed by atoms with Gasteiger partial charge in [0.1, 0.15) is 0 Å².